The summed E-state index contributed by atoms with van der Waals surface area (Å²) in [7, 11) is 0. The summed E-state index contributed by atoms with van der Waals surface area (Å²) in [6.45, 7) is 0.875. The Morgan fingerprint density at radius 1 is 1.03 bits per heavy atom. The number of aliphatic hydroxyl groups excluding tert-OH is 4. The van der Waals surface area contributed by atoms with Gasteiger partial charge in [0.1, 0.15) is 12.2 Å². The molecule has 0 bridgehead atoms. The monoisotopic (exact) mass is 448 g/mol. The molecule has 1 fully saturated rings. The van der Waals surface area contributed by atoms with Crippen LogP contribution >= 0.6 is 0 Å². The molecule has 0 spiro atoms. The summed E-state index contributed by atoms with van der Waals surface area (Å²) in [4.78, 5) is 4.94. The molecule has 0 aliphatic carbocycles. The number of nitrogens with one attached hydrogen (secondary N) is 2. The lowest BCUT2D eigenvalue weighted by Gasteiger charge is -2.43. The number of aromatic amines is 1. The molecule has 1 aliphatic rings. The largest absolute Gasteiger partial charge is 0.395 e. The number of aromatic nitrogens is 1. The van der Waals surface area contributed by atoms with Crippen LogP contribution in [-0.4, -0.2) is 67.8 Å². The number of aliphatic hydroxyl groups is 4. The van der Waals surface area contributed by atoms with Crippen molar-refractivity contribution >= 4 is 5.69 Å². The zero-order valence-corrected chi connectivity index (χ0v) is 18.1. The lowest BCUT2D eigenvalue weighted by atomic mass is 9.93. The van der Waals surface area contributed by atoms with E-state index < -0.39 is 24.4 Å². The van der Waals surface area contributed by atoms with Crippen molar-refractivity contribution < 1.29 is 20.4 Å². The molecule has 4 rings (SSSR count). The normalized spacial score (nSPS) is 23.2. The molecule has 172 valence electrons. The Bertz CT molecular complexity index is 1090. The van der Waals surface area contributed by atoms with E-state index in [2.05, 4.69) is 16.4 Å². The van der Waals surface area contributed by atoms with Gasteiger partial charge in [-0.25, -0.2) is 0 Å². The minimum absolute atomic E-state index is 0.172. The predicted octanol–water partition coefficient (Wildman–Crippen LogP) is 1.42. The Morgan fingerprint density at radius 2 is 1.79 bits per heavy atom. The Morgan fingerprint density at radius 3 is 2.45 bits per heavy atom. The van der Waals surface area contributed by atoms with Crippen LogP contribution in [0.4, 0.5) is 5.69 Å². The molecule has 8 heteroatoms. The minimum Gasteiger partial charge on any atom is -0.395 e. The lowest BCUT2D eigenvalue weighted by Crippen LogP contribution is -2.62. The van der Waals surface area contributed by atoms with Crippen LogP contribution in [0.5, 0.6) is 0 Å². The number of H-pyrrole nitrogens is 1. The van der Waals surface area contributed by atoms with Gasteiger partial charge in [0.25, 0.3) is 0 Å². The van der Waals surface area contributed by atoms with E-state index >= 15 is 0 Å². The summed E-state index contributed by atoms with van der Waals surface area (Å²) in [5.41, 5.74) is 5.33. The third-order valence-corrected chi connectivity index (χ3v) is 6.09. The number of hydrogen-bond acceptors (Lipinski definition) is 7. The van der Waals surface area contributed by atoms with Gasteiger partial charge in [0, 0.05) is 42.8 Å². The van der Waals surface area contributed by atoms with E-state index in [-0.39, 0.29) is 13.2 Å². The van der Waals surface area contributed by atoms with Crippen molar-refractivity contribution in [3.05, 3.63) is 77.5 Å². The highest BCUT2D eigenvalue weighted by molar-refractivity contribution is 5.68. The first-order chi connectivity index (χ1) is 16.0. The van der Waals surface area contributed by atoms with Gasteiger partial charge in [0.15, 0.2) is 0 Å². The maximum atomic E-state index is 10.2. The number of rotatable bonds is 7. The number of nitrogens with zero attached hydrogens (tertiary/aromatic N) is 2. The fraction of sp³-hybridized carbons (Fsp3) is 0.320. The van der Waals surface area contributed by atoms with Gasteiger partial charge in [-0.05, 0) is 41.5 Å². The average Bonchev–Trinajstić information content (AvgIpc) is 3.37. The van der Waals surface area contributed by atoms with E-state index in [9.17, 15) is 25.7 Å². The second-order valence-corrected chi connectivity index (χ2v) is 8.39. The first kappa shape index (κ1) is 23.0. The van der Waals surface area contributed by atoms with E-state index in [1.165, 1.54) is 0 Å². The quantitative estimate of drug-likeness (QED) is 0.322. The molecule has 0 radical (unpaired) electrons. The molecular weight excluding hydrogens is 420 g/mol. The maximum Gasteiger partial charge on any atom is 0.109 e. The van der Waals surface area contributed by atoms with E-state index in [0.717, 1.165) is 28.1 Å². The predicted molar refractivity (Wildman–Crippen MR) is 124 cm³/mol. The SMILES string of the molecule is N#Cc1cc(NCc2ccc(CN3C[C@H](O)[C@@H](O)[C@H](O)[C@H]3CO)cc2)cc(-c2ccc[nH]2)c1. The van der Waals surface area contributed by atoms with Crippen LogP contribution in [0.1, 0.15) is 16.7 Å². The van der Waals surface area contributed by atoms with Crippen molar-refractivity contribution in [2.75, 3.05) is 18.5 Å². The lowest BCUT2D eigenvalue weighted by molar-refractivity contribution is -0.147. The third-order valence-electron chi connectivity index (χ3n) is 6.09. The van der Waals surface area contributed by atoms with E-state index in [0.29, 0.717) is 18.7 Å². The molecule has 3 aromatic rings. The van der Waals surface area contributed by atoms with E-state index in [4.69, 9.17) is 0 Å². The number of likely N-dealkylation sites (tertiary alicyclic amines) is 1. The second kappa shape index (κ2) is 10.2. The van der Waals surface area contributed by atoms with Crippen molar-refractivity contribution in [3.63, 3.8) is 0 Å². The van der Waals surface area contributed by atoms with Crippen LogP contribution in [0.25, 0.3) is 11.3 Å². The van der Waals surface area contributed by atoms with Gasteiger partial charge in [0.2, 0.25) is 0 Å². The van der Waals surface area contributed by atoms with E-state index in [1.54, 1.807) is 4.90 Å². The number of nitriles is 1. The molecule has 1 aliphatic heterocycles. The number of benzene rings is 2. The smallest absolute Gasteiger partial charge is 0.109 e. The molecule has 0 saturated carbocycles. The maximum absolute atomic E-state index is 10.2. The molecule has 0 unspecified atom stereocenters. The van der Waals surface area contributed by atoms with E-state index in [1.807, 2.05) is 60.8 Å². The molecule has 4 atom stereocenters. The summed E-state index contributed by atoms with van der Waals surface area (Å²) in [6, 6.07) is 19.0. The molecule has 33 heavy (non-hydrogen) atoms. The molecule has 8 nitrogen and oxygen atoms in total. The molecule has 1 saturated heterocycles. The summed E-state index contributed by atoms with van der Waals surface area (Å²) < 4.78 is 0. The van der Waals surface area contributed by atoms with Crippen molar-refractivity contribution in [2.24, 2.45) is 0 Å². The van der Waals surface area contributed by atoms with Crippen LogP contribution < -0.4 is 5.32 Å². The first-order valence-corrected chi connectivity index (χ1v) is 10.9. The van der Waals surface area contributed by atoms with Gasteiger partial charge in [0.05, 0.1) is 30.4 Å². The minimum atomic E-state index is -1.26. The summed E-state index contributed by atoms with van der Waals surface area (Å²) in [5.74, 6) is 0. The Kier molecular flexibility index (Phi) is 7.08. The Balaban J connectivity index is 1.40. The molecule has 0 amide bonds. The number of anilines is 1. The van der Waals surface area contributed by atoms with Crippen LogP contribution in [-0.2, 0) is 13.1 Å². The van der Waals surface area contributed by atoms with Crippen LogP contribution in [0, 0.1) is 11.3 Å². The van der Waals surface area contributed by atoms with Gasteiger partial charge < -0.3 is 30.7 Å². The zero-order chi connectivity index (χ0) is 23.4. The van der Waals surface area contributed by atoms with Crippen molar-refractivity contribution in [3.8, 4) is 17.3 Å². The Hall–Kier alpha value is -3.19. The number of β-amino-alcohol motifs (C(OH)–C–C–N with tert-alkyl or cyclic N) is 1. The fourth-order valence-electron chi connectivity index (χ4n) is 4.22. The van der Waals surface area contributed by atoms with Crippen LogP contribution in [0.3, 0.4) is 0 Å². The number of hydrogen-bond donors (Lipinski definition) is 6. The highest BCUT2D eigenvalue weighted by atomic mass is 16.4. The summed E-state index contributed by atoms with van der Waals surface area (Å²) in [5, 5.41) is 52.4. The molecular formula is C25H28N4O4. The summed E-state index contributed by atoms with van der Waals surface area (Å²) in [6.07, 6.45) is -1.68. The highest BCUT2D eigenvalue weighted by Gasteiger charge is 2.40. The molecule has 2 aromatic carbocycles. The zero-order valence-electron chi connectivity index (χ0n) is 18.1. The highest BCUT2D eigenvalue weighted by Crippen LogP contribution is 2.24. The third kappa shape index (κ3) is 5.25. The van der Waals surface area contributed by atoms with Gasteiger partial charge in [-0.15, -0.1) is 0 Å². The molecule has 1 aromatic heterocycles. The molecule has 6 N–H and O–H groups in total. The van der Waals surface area contributed by atoms with Crippen LogP contribution in [0.15, 0.2) is 60.8 Å². The number of piperidine rings is 1. The first-order valence-electron chi connectivity index (χ1n) is 10.9. The standard InChI is InChI=1S/C25H28N4O4/c26-11-18-8-19(21-2-1-7-27-21)10-20(9-18)28-12-16-3-5-17(6-4-16)13-29-14-23(31)25(33)24(32)22(29)15-30/h1-10,22-25,27-28,30-33H,12-15H2/t22-,23+,24-,25-/m1/s1. The summed E-state index contributed by atoms with van der Waals surface area (Å²) >= 11 is 0. The van der Waals surface area contributed by atoms with Crippen molar-refractivity contribution in [1.29, 1.82) is 5.26 Å². The van der Waals surface area contributed by atoms with Gasteiger partial charge in [-0.3, -0.25) is 4.90 Å². The van der Waals surface area contributed by atoms with Gasteiger partial charge in [-0.1, -0.05) is 24.3 Å². The second-order valence-electron chi connectivity index (χ2n) is 8.39. The van der Waals surface area contributed by atoms with Crippen molar-refractivity contribution in [2.45, 2.75) is 37.4 Å². The fourth-order valence-corrected chi connectivity index (χ4v) is 4.22. The van der Waals surface area contributed by atoms with Gasteiger partial charge >= 0.3 is 0 Å². The topological polar surface area (TPSA) is 136 Å². The van der Waals surface area contributed by atoms with Gasteiger partial charge in [-0.2, -0.15) is 5.26 Å². The Labute approximate surface area is 192 Å². The van der Waals surface area contributed by atoms with Crippen LogP contribution in [0.2, 0.25) is 0 Å². The molecule has 2 heterocycles. The van der Waals surface area contributed by atoms with Crippen molar-refractivity contribution in [1.82, 2.24) is 9.88 Å². The average molecular weight is 449 g/mol.